The number of aryl methyl sites for hydroxylation is 1. The van der Waals surface area contributed by atoms with E-state index < -0.39 is 10.0 Å². The van der Waals surface area contributed by atoms with E-state index in [4.69, 9.17) is 5.73 Å². The molecule has 2 atom stereocenters. The van der Waals surface area contributed by atoms with Crippen LogP contribution in [0.1, 0.15) is 38.2 Å². The standard InChI is InChI=1S/C19H31N3O2S/c1-3-16-14-21(11-10-19(16)20)17-8-12-22(13-9-17)25(23,24)18-6-4-15(2)5-7-18/h4-7,16-17,19H,3,8-14,20H2,1-2H3/t16-,19+/m0/s1. The van der Waals surface area contributed by atoms with E-state index in [0.717, 1.165) is 44.3 Å². The van der Waals surface area contributed by atoms with Gasteiger partial charge < -0.3 is 5.73 Å². The third kappa shape index (κ3) is 4.08. The van der Waals surface area contributed by atoms with Gasteiger partial charge in [-0.3, -0.25) is 4.90 Å². The van der Waals surface area contributed by atoms with Crippen molar-refractivity contribution in [3.05, 3.63) is 29.8 Å². The molecule has 0 bridgehead atoms. The van der Waals surface area contributed by atoms with Crippen LogP contribution in [-0.2, 0) is 10.0 Å². The highest BCUT2D eigenvalue weighted by Gasteiger charge is 2.34. The van der Waals surface area contributed by atoms with Gasteiger partial charge in [-0.1, -0.05) is 31.0 Å². The van der Waals surface area contributed by atoms with Crippen LogP contribution >= 0.6 is 0 Å². The molecule has 1 aromatic rings. The van der Waals surface area contributed by atoms with Gasteiger partial charge in [0.1, 0.15) is 0 Å². The molecule has 5 nitrogen and oxygen atoms in total. The number of rotatable bonds is 4. The average Bonchev–Trinajstić information content (AvgIpc) is 2.62. The lowest BCUT2D eigenvalue weighted by atomic mass is 9.88. The molecule has 0 spiro atoms. The summed E-state index contributed by atoms with van der Waals surface area (Å²) in [5.74, 6) is 0.572. The van der Waals surface area contributed by atoms with E-state index >= 15 is 0 Å². The zero-order chi connectivity index (χ0) is 18.0. The highest BCUT2D eigenvalue weighted by Crippen LogP contribution is 2.27. The van der Waals surface area contributed by atoms with E-state index in [1.165, 1.54) is 0 Å². The van der Waals surface area contributed by atoms with Gasteiger partial charge in [-0.25, -0.2) is 8.42 Å². The molecule has 0 amide bonds. The largest absolute Gasteiger partial charge is 0.327 e. The average molecular weight is 366 g/mol. The van der Waals surface area contributed by atoms with Gasteiger partial charge in [0, 0.05) is 31.7 Å². The highest BCUT2D eigenvalue weighted by molar-refractivity contribution is 7.89. The predicted octanol–water partition coefficient (Wildman–Crippen LogP) is 2.21. The first-order valence-corrected chi connectivity index (χ1v) is 10.9. The van der Waals surface area contributed by atoms with Gasteiger partial charge in [0.05, 0.1) is 4.90 Å². The molecule has 2 fully saturated rings. The molecule has 2 aliphatic rings. The van der Waals surface area contributed by atoms with Crippen molar-refractivity contribution in [2.45, 2.75) is 56.5 Å². The summed E-state index contributed by atoms with van der Waals surface area (Å²) in [5.41, 5.74) is 7.30. The molecular formula is C19H31N3O2S. The quantitative estimate of drug-likeness (QED) is 0.888. The van der Waals surface area contributed by atoms with E-state index in [0.29, 0.717) is 36.0 Å². The number of hydrogen-bond acceptors (Lipinski definition) is 4. The second-order valence-corrected chi connectivity index (χ2v) is 9.50. The monoisotopic (exact) mass is 365 g/mol. The Morgan fingerprint density at radius 3 is 2.32 bits per heavy atom. The smallest absolute Gasteiger partial charge is 0.243 e. The molecule has 2 saturated heterocycles. The maximum atomic E-state index is 12.8. The summed E-state index contributed by atoms with van der Waals surface area (Å²) in [5, 5.41) is 0. The lowest BCUT2D eigenvalue weighted by Gasteiger charge is -2.43. The first-order chi connectivity index (χ1) is 11.9. The molecule has 2 N–H and O–H groups in total. The van der Waals surface area contributed by atoms with Crippen LogP contribution in [0.15, 0.2) is 29.2 Å². The first kappa shape index (κ1) is 18.8. The maximum Gasteiger partial charge on any atom is 0.243 e. The number of likely N-dealkylation sites (tertiary alicyclic amines) is 1. The minimum atomic E-state index is -3.36. The number of benzene rings is 1. The molecule has 3 rings (SSSR count). The SMILES string of the molecule is CC[C@H]1CN(C2CCN(S(=O)(=O)c3ccc(C)cc3)CC2)CC[C@H]1N. The van der Waals surface area contributed by atoms with E-state index in [-0.39, 0.29) is 0 Å². The van der Waals surface area contributed by atoms with E-state index in [9.17, 15) is 8.42 Å². The Labute approximate surface area is 152 Å². The Kier molecular flexibility index (Phi) is 5.83. The van der Waals surface area contributed by atoms with Crippen molar-refractivity contribution in [1.29, 1.82) is 0 Å². The van der Waals surface area contributed by atoms with Gasteiger partial charge in [-0.2, -0.15) is 4.31 Å². The maximum absolute atomic E-state index is 12.8. The van der Waals surface area contributed by atoms with Crippen LogP contribution in [0.4, 0.5) is 0 Å². The van der Waals surface area contributed by atoms with Gasteiger partial charge in [-0.05, 0) is 50.8 Å². The van der Waals surface area contributed by atoms with Crippen molar-refractivity contribution in [2.24, 2.45) is 11.7 Å². The molecule has 25 heavy (non-hydrogen) atoms. The van der Waals surface area contributed by atoms with Gasteiger partial charge in [-0.15, -0.1) is 0 Å². The fourth-order valence-corrected chi connectivity index (χ4v) is 5.62. The van der Waals surface area contributed by atoms with Crippen LogP contribution in [0, 0.1) is 12.8 Å². The number of hydrogen-bond donors (Lipinski definition) is 1. The number of nitrogens with two attached hydrogens (primary N) is 1. The molecule has 140 valence electrons. The number of sulfonamides is 1. The normalized spacial score (nSPS) is 27.5. The third-order valence-corrected chi connectivity index (χ3v) is 7.86. The summed E-state index contributed by atoms with van der Waals surface area (Å²) in [4.78, 5) is 2.96. The molecule has 0 aromatic heterocycles. The Balaban J connectivity index is 1.61. The number of piperidine rings is 2. The summed E-state index contributed by atoms with van der Waals surface area (Å²) in [6, 6.07) is 7.97. The van der Waals surface area contributed by atoms with Crippen molar-refractivity contribution in [1.82, 2.24) is 9.21 Å². The van der Waals surface area contributed by atoms with Crippen LogP contribution in [0.25, 0.3) is 0 Å². The topological polar surface area (TPSA) is 66.6 Å². The molecule has 0 unspecified atom stereocenters. The van der Waals surface area contributed by atoms with Crippen molar-refractivity contribution >= 4 is 10.0 Å². The van der Waals surface area contributed by atoms with E-state index in [2.05, 4.69) is 11.8 Å². The molecule has 0 radical (unpaired) electrons. The minimum Gasteiger partial charge on any atom is -0.327 e. The summed E-state index contributed by atoms with van der Waals surface area (Å²) in [6.45, 7) is 7.52. The predicted molar refractivity (Wildman–Crippen MR) is 101 cm³/mol. The van der Waals surface area contributed by atoms with Crippen LogP contribution in [0.3, 0.4) is 0 Å². The van der Waals surface area contributed by atoms with Crippen LogP contribution < -0.4 is 5.73 Å². The second kappa shape index (κ2) is 7.74. The zero-order valence-corrected chi connectivity index (χ0v) is 16.2. The Morgan fingerprint density at radius 1 is 1.08 bits per heavy atom. The van der Waals surface area contributed by atoms with Crippen molar-refractivity contribution < 1.29 is 8.42 Å². The Morgan fingerprint density at radius 2 is 1.72 bits per heavy atom. The summed E-state index contributed by atoms with van der Waals surface area (Å²) < 4.78 is 27.3. The van der Waals surface area contributed by atoms with Gasteiger partial charge in [0.25, 0.3) is 0 Å². The molecule has 1 aromatic carbocycles. The lowest BCUT2D eigenvalue weighted by Crippen LogP contribution is -2.53. The van der Waals surface area contributed by atoms with Crippen molar-refractivity contribution in [2.75, 3.05) is 26.2 Å². The van der Waals surface area contributed by atoms with Crippen LogP contribution in [-0.4, -0.2) is 55.9 Å². The van der Waals surface area contributed by atoms with E-state index in [1.807, 2.05) is 19.1 Å². The van der Waals surface area contributed by atoms with Gasteiger partial charge in [0.15, 0.2) is 0 Å². The fraction of sp³-hybridized carbons (Fsp3) is 0.684. The highest BCUT2D eigenvalue weighted by atomic mass is 32.2. The summed E-state index contributed by atoms with van der Waals surface area (Å²) in [6.07, 6.45) is 4.01. The number of nitrogens with zero attached hydrogens (tertiary/aromatic N) is 2. The minimum absolute atomic E-state index is 0.322. The molecule has 0 aliphatic carbocycles. The van der Waals surface area contributed by atoms with Gasteiger partial charge >= 0.3 is 0 Å². The Bertz CT molecular complexity index is 666. The second-order valence-electron chi connectivity index (χ2n) is 7.56. The molecule has 0 saturated carbocycles. The van der Waals surface area contributed by atoms with Crippen LogP contribution in [0.2, 0.25) is 0 Å². The molecule has 6 heteroatoms. The van der Waals surface area contributed by atoms with E-state index in [1.54, 1.807) is 16.4 Å². The molecular weight excluding hydrogens is 334 g/mol. The first-order valence-electron chi connectivity index (χ1n) is 9.48. The molecule has 2 heterocycles. The van der Waals surface area contributed by atoms with Crippen LogP contribution in [0.5, 0.6) is 0 Å². The lowest BCUT2D eigenvalue weighted by molar-refractivity contribution is 0.0781. The fourth-order valence-electron chi connectivity index (χ4n) is 4.15. The summed E-state index contributed by atoms with van der Waals surface area (Å²) in [7, 11) is -3.36. The van der Waals surface area contributed by atoms with Crippen molar-refractivity contribution in [3.8, 4) is 0 Å². The van der Waals surface area contributed by atoms with Gasteiger partial charge in [0.2, 0.25) is 10.0 Å². The zero-order valence-electron chi connectivity index (χ0n) is 15.4. The molecule has 2 aliphatic heterocycles. The van der Waals surface area contributed by atoms with Crippen molar-refractivity contribution in [3.63, 3.8) is 0 Å². The third-order valence-electron chi connectivity index (χ3n) is 5.95. The summed E-state index contributed by atoms with van der Waals surface area (Å²) >= 11 is 0. The Hall–Kier alpha value is -0.950.